The molecule has 2 aromatic carbocycles. The third kappa shape index (κ3) is 3.19. The number of rotatable bonds is 4. The summed E-state index contributed by atoms with van der Waals surface area (Å²) in [7, 11) is 0. The van der Waals surface area contributed by atoms with Crippen LogP contribution in [0.5, 0.6) is 0 Å². The first-order chi connectivity index (χ1) is 9.11. The summed E-state index contributed by atoms with van der Waals surface area (Å²) < 4.78 is 13.2. The summed E-state index contributed by atoms with van der Waals surface area (Å²) >= 11 is 0. The number of hydrogen-bond acceptors (Lipinski definition) is 2. The quantitative estimate of drug-likeness (QED) is 0.886. The normalized spacial score (nSPS) is 14.1. The standard InChI is InChI=1S/C16H18FNO/c1-11(10-18)12-4-2-5-13(8-12)16(19)14-6-3-7-15(17)9-14/h2-9,11,16,19H,10,18H2,1H3. The molecule has 19 heavy (non-hydrogen) atoms. The van der Waals surface area contributed by atoms with Gasteiger partial charge >= 0.3 is 0 Å². The molecule has 100 valence electrons. The van der Waals surface area contributed by atoms with Gasteiger partial charge < -0.3 is 10.8 Å². The van der Waals surface area contributed by atoms with Gasteiger partial charge in [-0.15, -0.1) is 0 Å². The van der Waals surface area contributed by atoms with Crippen molar-refractivity contribution >= 4 is 0 Å². The van der Waals surface area contributed by atoms with Crippen molar-refractivity contribution < 1.29 is 9.50 Å². The van der Waals surface area contributed by atoms with E-state index < -0.39 is 6.10 Å². The molecule has 0 heterocycles. The van der Waals surface area contributed by atoms with E-state index in [0.717, 1.165) is 11.1 Å². The van der Waals surface area contributed by atoms with E-state index in [2.05, 4.69) is 0 Å². The predicted octanol–water partition coefficient (Wildman–Crippen LogP) is 2.97. The highest BCUT2D eigenvalue weighted by Crippen LogP contribution is 2.25. The number of aliphatic hydroxyl groups excluding tert-OH is 1. The fourth-order valence-corrected chi connectivity index (χ4v) is 2.04. The summed E-state index contributed by atoms with van der Waals surface area (Å²) in [5, 5.41) is 10.3. The summed E-state index contributed by atoms with van der Waals surface area (Å²) in [4.78, 5) is 0. The van der Waals surface area contributed by atoms with Crippen LogP contribution in [0.15, 0.2) is 48.5 Å². The van der Waals surface area contributed by atoms with E-state index in [1.807, 2.05) is 31.2 Å². The molecule has 0 bridgehead atoms. The number of benzene rings is 2. The van der Waals surface area contributed by atoms with E-state index in [9.17, 15) is 9.50 Å². The number of aliphatic hydroxyl groups is 1. The highest BCUT2D eigenvalue weighted by atomic mass is 19.1. The highest BCUT2D eigenvalue weighted by molar-refractivity contribution is 5.34. The topological polar surface area (TPSA) is 46.2 Å². The molecule has 2 rings (SSSR count). The molecule has 0 radical (unpaired) electrons. The summed E-state index contributed by atoms with van der Waals surface area (Å²) in [5.74, 6) is -0.109. The Hall–Kier alpha value is -1.71. The van der Waals surface area contributed by atoms with Crippen molar-refractivity contribution in [2.24, 2.45) is 5.73 Å². The molecule has 2 atom stereocenters. The Labute approximate surface area is 112 Å². The van der Waals surface area contributed by atoms with Crippen LogP contribution in [-0.4, -0.2) is 11.7 Å². The van der Waals surface area contributed by atoms with Gasteiger partial charge in [0.2, 0.25) is 0 Å². The first kappa shape index (κ1) is 13.7. The molecule has 0 fully saturated rings. The van der Waals surface area contributed by atoms with E-state index in [4.69, 9.17) is 5.73 Å². The average molecular weight is 259 g/mol. The fraction of sp³-hybridized carbons (Fsp3) is 0.250. The van der Waals surface area contributed by atoms with Gasteiger partial charge in [0.1, 0.15) is 11.9 Å². The number of halogens is 1. The minimum atomic E-state index is -0.819. The van der Waals surface area contributed by atoms with Gasteiger partial charge in [-0.25, -0.2) is 4.39 Å². The molecule has 0 saturated carbocycles. The maximum absolute atomic E-state index is 13.2. The zero-order valence-corrected chi connectivity index (χ0v) is 10.9. The van der Waals surface area contributed by atoms with E-state index >= 15 is 0 Å². The first-order valence-electron chi connectivity index (χ1n) is 6.35. The number of nitrogens with two attached hydrogens (primary N) is 1. The van der Waals surface area contributed by atoms with Crippen molar-refractivity contribution in [1.29, 1.82) is 0 Å². The molecule has 0 aromatic heterocycles. The SMILES string of the molecule is CC(CN)c1cccc(C(O)c2cccc(F)c2)c1. The second kappa shape index (κ2) is 5.95. The van der Waals surface area contributed by atoms with Crippen LogP contribution in [0.3, 0.4) is 0 Å². The predicted molar refractivity (Wildman–Crippen MR) is 74.4 cm³/mol. The van der Waals surface area contributed by atoms with Gasteiger partial charge in [-0.1, -0.05) is 43.3 Å². The Balaban J connectivity index is 2.31. The third-order valence-corrected chi connectivity index (χ3v) is 3.31. The molecule has 0 spiro atoms. The van der Waals surface area contributed by atoms with Crippen LogP contribution in [-0.2, 0) is 0 Å². The van der Waals surface area contributed by atoms with Crippen LogP contribution < -0.4 is 5.73 Å². The molecular weight excluding hydrogens is 241 g/mol. The lowest BCUT2D eigenvalue weighted by molar-refractivity contribution is 0.219. The van der Waals surface area contributed by atoms with Crippen LogP contribution in [0.1, 0.15) is 35.6 Å². The maximum Gasteiger partial charge on any atom is 0.123 e. The summed E-state index contributed by atoms with van der Waals surface area (Å²) in [5.41, 5.74) is 8.03. The van der Waals surface area contributed by atoms with Gasteiger partial charge in [0.05, 0.1) is 0 Å². The summed E-state index contributed by atoms with van der Waals surface area (Å²) in [6, 6.07) is 13.7. The molecule has 3 N–H and O–H groups in total. The van der Waals surface area contributed by atoms with Crippen LogP contribution in [0, 0.1) is 5.82 Å². The number of hydrogen-bond donors (Lipinski definition) is 2. The van der Waals surface area contributed by atoms with Gasteiger partial charge in [-0.2, -0.15) is 0 Å². The monoisotopic (exact) mass is 259 g/mol. The summed E-state index contributed by atoms with van der Waals surface area (Å²) in [6.45, 7) is 2.59. The smallest absolute Gasteiger partial charge is 0.123 e. The molecule has 2 nitrogen and oxygen atoms in total. The van der Waals surface area contributed by atoms with E-state index in [-0.39, 0.29) is 11.7 Å². The Morgan fingerprint density at radius 1 is 1.05 bits per heavy atom. The Morgan fingerprint density at radius 2 is 1.63 bits per heavy atom. The third-order valence-electron chi connectivity index (χ3n) is 3.31. The molecule has 3 heteroatoms. The van der Waals surface area contributed by atoms with Gasteiger partial charge in [0.15, 0.2) is 0 Å². The largest absolute Gasteiger partial charge is 0.384 e. The lowest BCUT2D eigenvalue weighted by Crippen LogP contribution is -2.09. The van der Waals surface area contributed by atoms with Crippen molar-refractivity contribution in [3.63, 3.8) is 0 Å². The molecule has 0 aliphatic rings. The lowest BCUT2D eigenvalue weighted by atomic mass is 9.95. The van der Waals surface area contributed by atoms with Crippen molar-refractivity contribution in [2.45, 2.75) is 18.9 Å². The second-order valence-electron chi connectivity index (χ2n) is 4.76. The van der Waals surface area contributed by atoms with Crippen molar-refractivity contribution in [2.75, 3.05) is 6.54 Å². The Bertz CT molecular complexity index is 556. The summed E-state index contributed by atoms with van der Waals surface area (Å²) in [6.07, 6.45) is -0.819. The van der Waals surface area contributed by atoms with Crippen LogP contribution in [0.4, 0.5) is 4.39 Å². The minimum absolute atomic E-state index is 0.236. The van der Waals surface area contributed by atoms with Crippen LogP contribution in [0.25, 0.3) is 0 Å². The highest BCUT2D eigenvalue weighted by Gasteiger charge is 2.12. The first-order valence-corrected chi connectivity index (χ1v) is 6.35. The van der Waals surface area contributed by atoms with Gasteiger partial charge in [-0.3, -0.25) is 0 Å². The zero-order valence-electron chi connectivity index (χ0n) is 10.9. The Kier molecular flexibility index (Phi) is 4.30. The van der Waals surface area contributed by atoms with E-state index in [0.29, 0.717) is 12.1 Å². The van der Waals surface area contributed by atoms with Gasteiger partial charge in [-0.05, 0) is 41.3 Å². The second-order valence-corrected chi connectivity index (χ2v) is 4.76. The molecule has 2 unspecified atom stereocenters. The lowest BCUT2D eigenvalue weighted by Gasteiger charge is -2.15. The van der Waals surface area contributed by atoms with Gasteiger partial charge in [0.25, 0.3) is 0 Å². The van der Waals surface area contributed by atoms with Crippen LogP contribution in [0.2, 0.25) is 0 Å². The van der Waals surface area contributed by atoms with E-state index in [1.165, 1.54) is 12.1 Å². The van der Waals surface area contributed by atoms with E-state index in [1.54, 1.807) is 12.1 Å². The molecule has 0 saturated heterocycles. The van der Waals surface area contributed by atoms with Gasteiger partial charge in [0, 0.05) is 0 Å². The maximum atomic E-state index is 13.2. The zero-order chi connectivity index (χ0) is 13.8. The molecule has 2 aromatic rings. The van der Waals surface area contributed by atoms with Crippen LogP contribution >= 0.6 is 0 Å². The minimum Gasteiger partial charge on any atom is -0.384 e. The molecule has 0 aliphatic heterocycles. The Morgan fingerprint density at radius 3 is 2.26 bits per heavy atom. The van der Waals surface area contributed by atoms with Crippen molar-refractivity contribution in [3.05, 3.63) is 71.0 Å². The average Bonchev–Trinajstić information content (AvgIpc) is 2.45. The van der Waals surface area contributed by atoms with Crippen molar-refractivity contribution in [3.8, 4) is 0 Å². The fourth-order valence-electron chi connectivity index (χ4n) is 2.04. The molecule has 0 amide bonds. The van der Waals surface area contributed by atoms with Crippen molar-refractivity contribution in [1.82, 2.24) is 0 Å². The molecular formula is C16H18FNO. The molecule has 0 aliphatic carbocycles.